The van der Waals surface area contributed by atoms with Gasteiger partial charge in [0, 0.05) is 12.8 Å². The molecular weight excluding hydrogens is 760 g/mol. The monoisotopic (exact) mass is 857 g/mol. The Balaban J connectivity index is 3.78. The number of hydrogen-bond acceptors (Lipinski definition) is 6. The van der Waals surface area contributed by atoms with Gasteiger partial charge in [-0.2, -0.15) is 0 Å². The molecule has 59 heavy (non-hydrogen) atoms. The molecule has 1 unspecified atom stereocenters. The van der Waals surface area contributed by atoms with Crippen molar-refractivity contribution in [3.63, 3.8) is 0 Å². The Morgan fingerprint density at radius 2 is 0.712 bits per heavy atom. The zero-order valence-electron chi connectivity index (χ0n) is 38.9. The van der Waals surface area contributed by atoms with Crippen molar-refractivity contribution in [2.24, 2.45) is 0 Å². The van der Waals surface area contributed by atoms with Gasteiger partial charge in [-0.15, -0.1) is 0 Å². The number of esters is 2. The molecule has 0 fully saturated rings. The van der Waals surface area contributed by atoms with Gasteiger partial charge in [-0.3, -0.25) is 14.1 Å². The predicted octanol–water partition coefficient (Wildman–Crippen LogP) is 16.1. The number of phosphoric acid groups is 1. The lowest BCUT2D eigenvalue weighted by Crippen LogP contribution is -2.29. The summed E-state index contributed by atoms with van der Waals surface area (Å²) < 4.78 is 26.5. The number of hydrogen-bond donors (Lipinski definition) is 2. The number of phosphoric ester groups is 1. The largest absolute Gasteiger partial charge is 0.469 e. The van der Waals surface area contributed by atoms with Crippen molar-refractivity contribution < 1.29 is 37.9 Å². The van der Waals surface area contributed by atoms with E-state index in [9.17, 15) is 14.2 Å². The van der Waals surface area contributed by atoms with E-state index in [0.717, 1.165) is 38.5 Å². The van der Waals surface area contributed by atoms with Gasteiger partial charge in [0.05, 0.1) is 6.61 Å². The SMILES string of the molecule is CCCCCCCCCC/C=C\CCCCCCCCCCCCCC(=O)OC(COC(=O)CCCCCCCCCCCCCCCCCCCC)COP(=O)(O)O. The van der Waals surface area contributed by atoms with E-state index in [4.69, 9.17) is 19.3 Å². The Hall–Kier alpha value is -1.21. The average Bonchev–Trinajstić information content (AvgIpc) is 3.21. The van der Waals surface area contributed by atoms with Crippen LogP contribution in [-0.2, 0) is 28.2 Å². The molecule has 0 saturated heterocycles. The number of carbonyl (C=O) groups is 2. The maximum absolute atomic E-state index is 12.5. The van der Waals surface area contributed by atoms with E-state index >= 15 is 0 Å². The molecule has 0 heterocycles. The Morgan fingerprint density at radius 3 is 1.03 bits per heavy atom. The smallest absolute Gasteiger partial charge is 0.462 e. The van der Waals surface area contributed by atoms with Crippen LogP contribution in [0.25, 0.3) is 0 Å². The molecule has 0 rings (SSSR count). The Morgan fingerprint density at radius 1 is 0.424 bits per heavy atom. The lowest BCUT2D eigenvalue weighted by atomic mass is 10.0. The number of rotatable bonds is 48. The first kappa shape index (κ1) is 57.8. The zero-order chi connectivity index (χ0) is 43.2. The van der Waals surface area contributed by atoms with E-state index in [1.165, 1.54) is 205 Å². The topological polar surface area (TPSA) is 119 Å². The van der Waals surface area contributed by atoms with Crippen molar-refractivity contribution in [1.29, 1.82) is 0 Å². The van der Waals surface area contributed by atoms with Crippen molar-refractivity contribution in [3.8, 4) is 0 Å². The van der Waals surface area contributed by atoms with Crippen molar-refractivity contribution in [3.05, 3.63) is 12.2 Å². The molecule has 0 aliphatic rings. The third kappa shape index (κ3) is 49.3. The van der Waals surface area contributed by atoms with Gasteiger partial charge in [0.15, 0.2) is 6.10 Å². The maximum Gasteiger partial charge on any atom is 0.469 e. The quantitative estimate of drug-likeness (QED) is 0.0269. The minimum Gasteiger partial charge on any atom is -0.462 e. The standard InChI is InChI=1S/C50H97O8P/c1-3-5-7-9-11-13-15-17-19-21-23-24-25-26-27-29-31-33-35-37-39-41-43-45-50(52)58-48(47-57-59(53,54)55)46-56-49(51)44-42-40-38-36-34-32-30-28-22-20-18-16-14-12-10-8-6-4-2/h21,23,48H,3-20,22,24-47H2,1-2H3,(H2,53,54,55)/b23-21-. The van der Waals surface area contributed by atoms with Crippen LogP contribution in [-0.4, -0.2) is 41.0 Å². The molecule has 8 nitrogen and oxygen atoms in total. The minimum absolute atomic E-state index is 0.216. The van der Waals surface area contributed by atoms with E-state index in [0.29, 0.717) is 6.42 Å². The molecule has 0 spiro atoms. The van der Waals surface area contributed by atoms with E-state index in [1.54, 1.807) is 0 Å². The molecule has 0 saturated carbocycles. The summed E-state index contributed by atoms with van der Waals surface area (Å²) in [6, 6.07) is 0. The molecule has 0 aromatic carbocycles. The summed E-state index contributed by atoms with van der Waals surface area (Å²) in [6.07, 6.45) is 53.7. The van der Waals surface area contributed by atoms with E-state index in [-0.39, 0.29) is 19.4 Å². The first-order valence-electron chi connectivity index (χ1n) is 25.5. The van der Waals surface area contributed by atoms with Crippen LogP contribution in [0.15, 0.2) is 12.2 Å². The molecule has 0 aromatic rings. The summed E-state index contributed by atoms with van der Waals surface area (Å²) in [5.41, 5.74) is 0. The highest BCUT2D eigenvalue weighted by Crippen LogP contribution is 2.36. The molecule has 2 N–H and O–H groups in total. The van der Waals surface area contributed by atoms with Gasteiger partial charge in [-0.05, 0) is 38.5 Å². The molecule has 9 heteroatoms. The summed E-state index contributed by atoms with van der Waals surface area (Å²) in [5.74, 6) is -0.867. The molecule has 1 atom stereocenters. The Bertz CT molecular complexity index is 967. The Labute approximate surface area is 365 Å². The average molecular weight is 857 g/mol. The van der Waals surface area contributed by atoms with Crippen molar-refractivity contribution >= 4 is 19.8 Å². The number of unbranched alkanes of at least 4 members (excludes halogenated alkanes) is 36. The number of allylic oxidation sites excluding steroid dienone is 2. The highest BCUT2D eigenvalue weighted by molar-refractivity contribution is 7.46. The van der Waals surface area contributed by atoms with Crippen LogP contribution in [0.5, 0.6) is 0 Å². The van der Waals surface area contributed by atoms with Gasteiger partial charge in [-0.1, -0.05) is 238 Å². The first-order valence-corrected chi connectivity index (χ1v) is 27.0. The van der Waals surface area contributed by atoms with Crippen molar-refractivity contribution in [2.75, 3.05) is 13.2 Å². The highest BCUT2D eigenvalue weighted by Gasteiger charge is 2.23. The summed E-state index contributed by atoms with van der Waals surface area (Å²) >= 11 is 0. The molecule has 0 aromatic heterocycles. The molecule has 0 radical (unpaired) electrons. The van der Waals surface area contributed by atoms with Gasteiger partial charge in [0.25, 0.3) is 0 Å². The molecule has 0 amide bonds. The van der Waals surface area contributed by atoms with Crippen molar-refractivity contribution in [1.82, 2.24) is 0 Å². The van der Waals surface area contributed by atoms with Gasteiger partial charge in [0.2, 0.25) is 0 Å². The summed E-state index contributed by atoms with van der Waals surface area (Å²) in [7, 11) is -4.75. The van der Waals surface area contributed by atoms with Crippen LogP contribution in [0, 0.1) is 0 Å². The van der Waals surface area contributed by atoms with Gasteiger partial charge in [-0.25, -0.2) is 4.57 Å². The fourth-order valence-electron chi connectivity index (χ4n) is 7.72. The van der Waals surface area contributed by atoms with E-state index in [1.807, 2.05) is 0 Å². The Kier molecular flexibility index (Phi) is 45.3. The molecule has 0 aliphatic carbocycles. The third-order valence-electron chi connectivity index (χ3n) is 11.5. The normalized spacial score (nSPS) is 12.4. The fourth-order valence-corrected chi connectivity index (χ4v) is 8.09. The zero-order valence-corrected chi connectivity index (χ0v) is 39.8. The molecular formula is C50H97O8P. The first-order chi connectivity index (χ1) is 28.8. The summed E-state index contributed by atoms with van der Waals surface area (Å²) in [6.45, 7) is 3.74. The van der Waals surface area contributed by atoms with E-state index in [2.05, 4.69) is 30.5 Å². The lowest BCUT2D eigenvalue weighted by molar-refractivity contribution is -0.161. The molecule has 350 valence electrons. The van der Waals surface area contributed by atoms with Crippen LogP contribution in [0.2, 0.25) is 0 Å². The number of ether oxygens (including phenoxy) is 2. The van der Waals surface area contributed by atoms with Crippen LogP contribution >= 0.6 is 7.82 Å². The van der Waals surface area contributed by atoms with Gasteiger partial charge in [0.1, 0.15) is 6.61 Å². The van der Waals surface area contributed by atoms with Crippen LogP contribution in [0.1, 0.15) is 277 Å². The fraction of sp³-hybridized carbons (Fsp3) is 0.920. The predicted molar refractivity (Wildman–Crippen MR) is 249 cm³/mol. The second kappa shape index (κ2) is 46.3. The van der Waals surface area contributed by atoms with Crippen LogP contribution in [0.4, 0.5) is 0 Å². The minimum atomic E-state index is -4.75. The summed E-state index contributed by atoms with van der Waals surface area (Å²) in [5, 5.41) is 0. The van der Waals surface area contributed by atoms with Crippen molar-refractivity contribution in [2.45, 2.75) is 283 Å². The molecule has 0 aliphatic heterocycles. The van der Waals surface area contributed by atoms with Crippen LogP contribution < -0.4 is 0 Å². The van der Waals surface area contributed by atoms with Gasteiger partial charge >= 0.3 is 19.8 Å². The van der Waals surface area contributed by atoms with E-state index < -0.39 is 32.5 Å². The molecule has 0 bridgehead atoms. The van der Waals surface area contributed by atoms with Gasteiger partial charge < -0.3 is 19.3 Å². The third-order valence-corrected chi connectivity index (χ3v) is 12.0. The summed E-state index contributed by atoms with van der Waals surface area (Å²) in [4.78, 5) is 43.1. The maximum atomic E-state index is 12.5. The second-order valence-electron chi connectivity index (χ2n) is 17.5. The highest BCUT2D eigenvalue weighted by atomic mass is 31.2. The number of carbonyl (C=O) groups excluding carboxylic acids is 2. The lowest BCUT2D eigenvalue weighted by Gasteiger charge is -2.18. The second-order valence-corrected chi connectivity index (χ2v) is 18.7. The van der Waals surface area contributed by atoms with Crippen LogP contribution in [0.3, 0.4) is 0 Å².